The molecule has 0 atom stereocenters. The molecule has 0 saturated carbocycles. The van der Waals surface area contributed by atoms with E-state index in [9.17, 15) is 5.11 Å². The lowest BCUT2D eigenvalue weighted by atomic mass is 10.2. The lowest BCUT2D eigenvalue weighted by molar-refractivity contribution is 0.471. The Hall–Kier alpha value is -1.29. The Morgan fingerprint density at radius 1 is 1.38 bits per heavy atom. The molecule has 1 heterocycles. The fourth-order valence-electron chi connectivity index (χ4n) is 1.01. The van der Waals surface area contributed by atoms with Gasteiger partial charge in [-0.2, -0.15) is 0 Å². The molecule has 0 spiro atoms. The SMILES string of the molecule is Oc1cc(-c2ncco2)ccc1Br. The minimum Gasteiger partial charge on any atom is -0.507 e. The summed E-state index contributed by atoms with van der Waals surface area (Å²) >= 11 is 3.19. The number of hydrogen-bond donors (Lipinski definition) is 1. The highest BCUT2D eigenvalue weighted by molar-refractivity contribution is 9.10. The fraction of sp³-hybridized carbons (Fsp3) is 0. The van der Waals surface area contributed by atoms with E-state index in [1.807, 2.05) is 6.07 Å². The first kappa shape index (κ1) is 8.31. The van der Waals surface area contributed by atoms with Crippen molar-refractivity contribution < 1.29 is 9.52 Å². The summed E-state index contributed by atoms with van der Waals surface area (Å²) < 4.78 is 5.73. The van der Waals surface area contributed by atoms with Crippen LogP contribution in [0.15, 0.2) is 39.5 Å². The van der Waals surface area contributed by atoms with Crippen molar-refractivity contribution in [1.29, 1.82) is 0 Å². The molecule has 2 rings (SSSR count). The highest BCUT2D eigenvalue weighted by atomic mass is 79.9. The van der Waals surface area contributed by atoms with Gasteiger partial charge in [-0.15, -0.1) is 0 Å². The van der Waals surface area contributed by atoms with Crippen LogP contribution >= 0.6 is 15.9 Å². The standard InChI is InChI=1S/C9H6BrNO2/c10-7-2-1-6(5-8(7)12)9-11-3-4-13-9/h1-5,12H. The molecule has 0 aliphatic carbocycles. The van der Waals surface area contributed by atoms with Gasteiger partial charge in [-0.3, -0.25) is 0 Å². The van der Waals surface area contributed by atoms with Crippen LogP contribution in [0.2, 0.25) is 0 Å². The third-order valence-corrected chi connectivity index (χ3v) is 2.30. The summed E-state index contributed by atoms with van der Waals surface area (Å²) in [5, 5.41) is 9.38. The maximum absolute atomic E-state index is 9.38. The molecule has 13 heavy (non-hydrogen) atoms. The molecule has 0 aliphatic heterocycles. The Labute approximate surface area is 83.2 Å². The van der Waals surface area contributed by atoms with Gasteiger partial charge in [-0.1, -0.05) is 0 Å². The van der Waals surface area contributed by atoms with Crippen molar-refractivity contribution in [2.24, 2.45) is 0 Å². The van der Waals surface area contributed by atoms with E-state index < -0.39 is 0 Å². The van der Waals surface area contributed by atoms with Gasteiger partial charge in [0.25, 0.3) is 0 Å². The number of nitrogens with zero attached hydrogens (tertiary/aromatic N) is 1. The van der Waals surface area contributed by atoms with Crippen molar-refractivity contribution >= 4 is 15.9 Å². The van der Waals surface area contributed by atoms with E-state index in [2.05, 4.69) is 20.9 Å². The molecule has 4 heteroatoms. The van der Waals surface area contributed by atoms with Crippen LogP contribution in [0.1, 0.15) is 0 Å². The minimum absolute atomic E-state index is 0.177. The summed E-state index contributed by atoms with van der Waals surface area (Å²) in [5.74, 6) is 0.679. The van der Waals surface area contributed by atoms with Gasteiger partial charge in [0.1, 0.15) is 12.0 Å². The highest BCUT2D eigenvalue weighted by Gasteiger charge is 2.04. The van der Waals surface area contributed by atoms with Crippen LogP contribution in [0.3, 0.4) is 0 Å². The van der Waals surface area contributed by atoms with E-state index in [1.165, 1.54) is 6.26 Å². The number of phenols is 1. The Morgan fingerprint density at radius 2 is 2.23 bits per heavy atom. The molecule has 3 nitrogen and oxygen atoms in total. The molecule has 66 valence electrons. The Morgan fingerprint density at radius 3 is 2.85 bits per heavy atom. The maximum Gasteiger partial charge on any atom is 0.225 e. The number of benzene rings is 1. The molecule has 0 amide bonds. The Balaban J connectivity index is 2.49. The third kappa shape index (κ3) is 1.58. The number of rotatable bonds is 1. The summed E-state index contributed by atoms with van der Waals surface area (Å²) in [7, 11) is 0. The van der Waals surface area contributed by atoms with Crippen molar-refractivity contribution in [3.8, 4) is 17.2 Å². The van der Waals surface area contributed by atoms with E-state index in [0.29, 0.717) is 10.4 Å². The topological polar surface area (TPSA) is 46.3 Å². The Bertz CT molecular complexity index is 412. The smallest absolute Gasteiger partial charge is 0.225 e. The number of phenolic OH excluding ortho intramolecular Hbond substituents is 1. The van der Waals surface area contributed by atoms with Gasteiger partial charge in [0, 0.05) is 5.56 Å². The van der Waals surface area contributed by atoms with Gasteiger partial charge in [0.05, 0.1) is 10.7 Å². The number of aromatic hydroxyl groups is 1. The van der Waals surface area contributed by atoms with E-state index in [0.717, 1.165) is 5.56 Å². The molecule has 0 radical (unpaired) electrons. The van der Waals surface area contributed by atoms with Gasteiger partial charge in [-0.25, -0.2) is 4.98 Å². The van der Waals surface area contributed by atoms with E-state index in [-0.39, 0.29) is 5.75 Å². The second-order valence-electron chi connectivity index (χ2n) is 2.50. The molecular formula is C9H6BrNO2. The molecule has 0 saturated heterocycles. The lowest BCUT2D eigenvalue weighted by Gasteiger charge is -1.98. The number of hydrogen-bond acceptors (Lipinski definition) is 3. The van der Waals surface area contributed by atoms with Crippen LogP contribution in [0.4, 0.5) is 0 Å². The first-order valence-electron chi connectivity index (χ1n) is 3.66. The molecule has 2 aromatic rings. The molecule has 1 aromatic carbocycles. The van der Waals surface area contributed by atoms with Gasteiger partial charge in [0.2, 0.25) is 5.89 Å². The van der Waals surface area contributed by atoms with Crippen molar-refractivity contribution in [2.75, 3.05) is 0 Å². The van der Waals surface area contributed by atoms with Crippen molar-refractivity contribution in [3.05, 3.63) is 35.1 Å². The largest absolute Gasteiger partial charge is 0.507 e. The van der Waals surface area contributed by atoms with Crippen LogP contribution in [0, 0.1) is 0 Å². The van der Waals surface area contributed by atoms with Crippen LogP contribution in [-0.2, 0) is 0 Å². The highest BCUT2D eigenvalue weighted by Crippen LogP contribution is 2.28. The molecule has 1 aromatic heterocycles. The van der Waals surface area contributed by atoms with Gasteiger partial charge < -0.3 is 9.52 Å². The summed E-state index contributed by atoms with van der Waals surface area (Å²) in [6.07, 6.45) is 3.06. The van der Waals surface area contributed by atoms with Crippen LogP contribution < -0.4 is 0 Å². The molecule has 0 unspecified atom stereocenters. The average Bonchev–Trinajstić information content (AvgIpc) is 2.62. The van der Waals surface area contributed by atoms with E-state index in [1.54, 1.807) is 18.3 Å². The lowest BCUT2D eigenvalue weighted by Crippen LogP contribution is -1.77. The monoisotopic (exact) mass is 239 g/mol. The summed E-state index contributed by atoms with van der Waals surface area (Å²) in [5.41, 5.74) is 0.755. The van der Waals surface area contributed by atoms with Crippen molar-refractivity contribution in [3.63, 3.8) is 0 Å². The first-order valence-corrected chi connectivity index (χ1v) is 4.45. The number of aromatic nitrogens is 1. The summed E-state index contributed by atoms with van der Waals surface area (Å²) in [6.45, 7) is 0. The molecule has 0 fully saturated rings. The molecular weight excluding hydrogens is 234 g/mol. The zero-order valence-electron chi connectivity index (χ0n) is 6.57. The predicted octanol–water partition coefficient (Wildman–Crippen LogP) is 2.81. The minimum atomic E-state index is 0.177. The molecule has 1 N–H and O–H groups in total. The van der Waals surface area contributed by atoms with Gasteiger partial charge >= 0.3 is 0 Å². The zero-order valence-corrected chi connectivity index (χ0v) is 8.15. The van der Waals surface area contributed by atoms with Gasteiger partial charge in [0.15, 0.2) is 0 Å². The third-order valence-electron chi connectivity index (χ3n) is 1.63. The number of halogens is 1. The second kappa shape index (κ2) is 3.22. The van der Waals surface area contributed by atoms with Crippen molar-refractivity contribution in [1.82, 2.24) is 4.98 Å². The van der Waals surface area contributed by atoms with E-state index in [4.69, 9.17) is 4.42 Å². The normalized spacial score (nSPS) is 10.2. The van der Waals surface area contributed by atoms with Crippen LogP contribution in [-0.4, -0.2) is 10.1 Å². The second-order valence-corrected chi connectivity index (χ2v) is 3.36. The average molecular weight is 240 g/mol. The molecule has 0 bridgehead atoms. The first-order chi connectivity index (χ1) is 6.27. The predicted molar refractivity (Wildman–Crippen MR) is 51.3 cm³/mol. The summed E-state index contributed by atoms with van der Waals surface area (Å²) in [6, 6.07) is 5.15. The zero-order chi connectivity index (χ0) is 9.26. The maximum atomic E-state index is 9.38. The van der Waals surface area contributed by atoms with E-state index >= 15 is 0 Å². The van der Waals surface area contributed by atoms with Gasteiger partial charge in [-0.05, 0) is 34.1 Å². The van der Waals surface area contributed by atoms with Crippen LogP contribution in [0.25, 0.3) is 11.5 Å². The fourth-order valence-corrected chi connectivity index (χ4v) is 1.26. The summed E-state index contributed by atoms with van der Waals surface area (Å²) in [4.78, 5) is 3.96. The molecule has 0 aliphatic rings. The Kier molecular flexibility index (Phi) is 2.06. The quantitative estimate of drug-likeness (QED) is 0.833. The van der Waals surface area contributed by atoms with Crippen LogP contribution in [0.5, 0.6) is 5.75 Å². The number of oxazole rings is 1. The van der Waals surface area contributed by atoms with Crippen molar-refractivity contribution in [2.45, 2.75) is 0 Å².